The lowest BCUT2D eigenvalue weighted by Crippen LogP contribution is -2.36. The molecule has 0 bridgehead atoms. The van der Waals surface area contributed by atoms with E-state index in [2.05, 4.69) is 35.6 Å². The summed E-state index contributed by atoms with van der Waals surface area (Å²) in [7, 11) is 0. The second-order valence-electron chi connectivity index (χ2n) is 7.21. The van der Waals surface area contributed by atoms with Crippen LogP contribution in [0.15, 0.2) is 22.3 Å². The van der Waals surface area contributed by atoms with Crippen LogP contribution in [0.2, 0.25) is 0 Å². The quantitative estimate of drug-likeness (QED) is 0.386. The second kappa shape index (κ2) is 9.79. The molecule has 23 heavy (non-hydrogen) atoms. The van der Waals surface area contributed by atoms with Gasteiger partial charge in [-0.2, -0.15) is 0 Å². The van der Waals surface area contributed by atoms with Gasteiger partial charge in [-0.05, 0) is 56.5 Å². The zero-order valence-corrected chi connectivity index (χ0v) is 16.7. The topological polar surface area (TPSA) is 55.8 Å². The number of ether oxygens (including phenoxy) is 2. The molecule has 0 aromatic heterocycles. The summed E-state index contributed by atoms with van der Waals surface area (Å²) in [5.74, 6) is 0.0892. The predicted octanol–water partition coefficient (Wildman–Crippen LogP) is 4.16. The molecular formula is C18H29IO4. The Morgan fingerprint density at radius 1 is 1.39 bits per heavy atom. The van der Waals surface area contributed by atoms with Crippen molar-refractivity contribution in [1.29, 1.82) is 0 Å². The molecule has 0 aromatic carbocycles. The van der Waals surface area contributed by atoms with Gasteiger partial charge < -0.3 is 14.6 Å². The van der Waals surface area contributed by atoms with Crippen LogP contribution in [-0.2, 0) is 14.3 Å². The van der Waals surface area contributed by atoms with Gasteiger partial charge in [0.1, 0.15) is 5.60 Å². The molecule has 1 saturated heterocycles. The summed E-state index contributed by atoms with van der Waals surface area (Å²) in [6.07, 6.45) is 7.89. The summed E-state index contributed by atoms with van der Waals surface area (Å²) >= 11 is 2.21. The van der Waals surface area contributed by atoms with Crippen LogP contribution in [0.4, 0.5) is 0 Å². The molecule has 4 atom stereocenters. The molecular weight excluding hydrogens is 407 g/mol. The van der Waals surface area contributed by atoms with Gasteiger partial charge in [0.2, 0.25) is 0 Å². The van der Waals surface area contributed by atoms with E-state index in [1.165, 1.54) is 6.08 Å². The summed E-state index contributed by atoms with van der Waals surface area (Å²) in [4.78, 5) is 11.6. The molecule has 0 unspecified atom stereocenters. The molecule has 0 radical (unpaired) electrons. The van der Waals surface area contributed by atoms with Gasteiger partial charge in [0.15, 0.2) is 0 Å². The van der Waals surface area contributed by atoms with E-state index in [-0.39, 0.29) is 24.3 Å². The number of hydrogen-bond acceptors (Lipinski definition) is 4. The minimum atomic E-state index is -0.480. The van der Waals surface area contributed by atoms with Crippen molar-refractivity contribution < 1.29 is 19.4 Å². The molecule has 1 aliphatic heterocycles. The van der Waals surface area contributed by atoms with E-state index in [1.807, 2.05) is 24.9 Å². The molecule has 1 fully saturated rings. The molecule has 1 rings (SSSR count). The Morgan fingerprint density at radius 2 is 2.04 bits per heavy atom. The van der Waals surface area contributed by atoms with Crippen molar-refractivity contribution in [1.82, 2.24) is 0 Å². The van der Waals surface area contributed by atoms with Crippen LogP contribution in [0.5, 0.6) is 0 Å². The maximum Gasteiger partial charge on any atom is 0.330 e. The molecule has 4 nitrogen and oxygen atoms in total. The molecule has 0 aliphatic carbocycles. The number of rotatable bonds is 6. The van der Waals surface area contributed by atoms with Crippen molar-refractivity contribution in [3.05, 3.63) is 22.3 Å². The Balaban J connectivity index is 2.45. The van der Waals surface area contributed by atoms with E-state index in [9.17, 15) is 9.90 Å². The van der Waals surface area contributed by atoms with Gasteiger partial charge in [0, 0.05) is 6.08 Å². The summed E-state index contributed by atoms with van der Waals surface area (Å²) in [6, 6.07) is 0. The van der Waals surface area contributed by atoms with Crippen LogP contribution >= 0.6 is 22.6 Å². The van der Waals surface area contributed by atoms with Gasteiger partial charge >= 0.3 is 5.97 Å². The summed E-state index contributed by atoms with van der Waals surface area (Å²) in [5.41, 5.74) is -0.480. The van der Waals surface area contributed by atoms with E-state index in [0.717, 1.165) is 6.42 Å². The van der Waals surface area contributed by atoms with Crippen molar-refractivity contribution in [2.24, 2.45) is 5.92 Å². The number of hydrogen-bond donors (Lipinski definition) is 1. The lowest BCUT2D eigenvalue weighted by molar-refractivity contribution is -0.148. The van der Waals surface area contributed by atoms with Gasteiger partial charge in [-0.25, -0.2) is 4.79 Å². The number of carbonyl (C=O) groups excluding carboxylic acids is 1. The Labute approximate surface area is 153 Å². The lowest BCUT2D eigenvalue weighted by Gasteiger charge is -2.33. The van der Waals surface area contributed by atoms with Crippen LogP contribution in [0, 0.1) is 5.92 Å². The van der Waals surface area contributed by atoms with Crippen LogP contribution in [0.25, 0.3) is 0 Å². The van der Waals surface area contributed by atoms with E-state index in [1.54, 1.807) is 6.08 Å². The van der Waals surface area contributed by atoms with Gasteiger partial charge in [0.05, 0.1) is 18.3 Å². The third kappa shape index (κ3) is 9.47. The molecule has 1 aliphatic rings. The highest BCUT2D eigenvalue weighted by Crippen LogP contribution is 2.26. The summed E-state index contributed by atoms with van der Waals surface area (Å²) < 4.78 is 13.3. The number of esters is 1. The average Bonchev–Trinajstić information content (AvgIpc) is 2.35. The first-order valence-electron chi connectivity index (χ1n) is 8.19. The minimum absolute atomic E-state index is 0.0433. The van der Waals surface area contributed by atoms with E-state index in [0.29, 0.717) is 25.2 Å². The maximum absolute atomic E-state index is 11.6. The van der Waals surface area contributed by atoms with Crippen molar-refractivity contribution in [2.75, 3.05) is 0 Å². The predicted molar refractivity (Wildman–Crippen MR) is 100 cm³/mol. The lowest BCUT2D eigenvalue weighted by atomic mass is 9.93. The van der Waals surface area contributed by atoms with Crippen LogP contribution in [0.3, 0.4) is 0 Å². The maximum atomic E-state index is 11.6. The molecule has 0 saturated carbocycles. The third-order valence-electron chi connectivity index (χ3n) is 3.55. The molecule has 5 heteroatoms. The average molecular weight is 436 g/mol. The largest absolute Gasteiger partial charge is 0.457 e. The second-order valence-corrected chi connectivity index (χ2v) is 7.93. The Hall–Kier alpha value is -0.400. The Morgan fingerprint density at radius 3 is 2.65 bits per heavy atom. The Kier molecular flexibility index (Phi) is 8.79. The Bertz CT molecular complexity index is 425. The molecule has 0 amide bonds. The zero-order chi connectivity index (χ0) is 17.5. The standard InChI is InChI=1S/C18H29IO4/c1-13(8-9-19)10-16-12-14(20)11-15(22-16)6-5-7-17(21)23-18(2,3)4/h5,7-9,13-16,20H,6,10-12H2,1-4H3/b7-5+,9-8+/t13-,14+,15-,16+/m0/s1. The first-order valence-corrected chi connectivity index (χ1v) is 9.44. The van der Waals surface area contributed by atoms with Gasteiger partial charge in [-0.1, -0.05) is 41.7 Å². The number of aliphatic hydroxyl groups excluding tert-OH is 1. The minimum Gasteiger partial charge on any atom is -0.457 e. The van der Waals surface area contributed by atoms with Gasteiger partial charge in [-0.3, -0.25) is 0 Å². The molecule has 1 N–H and O–H groups in total. The number of carbonyl (C=O) groups is 1. The number of allylic oxidation sites excluding steroid dienone is 1. The fraction of sp³-hybridized carbons (Fsp3) is 0.722. The highest BCUT2D eigenvalue weighted by molar-refractivity contribution is 14.1. The zero-order valence-electron chi connectivity index (χ0n) is 14.5. The van der Waals surface area contributed by atoms with E-state index >= 15 is 0 Å². The first kappa shape index (κ1) is 20.6. The van der Waals surface area contributed by atoms with Crippen LogP contribution in [0.1, 0.15) is 53.4 Å². The fourth-order valence-electron chi connectivity index (χ4n) is 2.66. The molecule has 0 spiro atoms. The van der Waals surface area contributed by atoms with E-state index in [4.69, 9.17) is 9.47 Å². The fourth-order valence-corrected chi connectivity index (χ4v) is 3.37. The molecule has 1 heterocycles. The highest BCUT2D eigenvalue weighted by Gasteiger charge is 2.28. The van der Waals surface area contributed by atoms with E-state index < -0.39 is 5.60 Å². The number of aliphatic hydroxyl groups is 1. The van der Waals surface area contributed by atoms with Crippen molar-refractivity contribution >= 4 is 28.6 Å². The summed E-state index contributed by atoms with van der Waals surface area (Å²) in [6.45, 7) is 7.68. The third-order valence-corrected chi connectivity index (χ3v) is 3.97. The first-order chi connectivity index (χ1) is 10.7. The number of halogens is 1. The van der Waals surface area contributed by atoms with Crippen molar-refractivity contribution in [3.8, 4) is 0 Å². The monoisotopic (exact) mass is 436 g/mol. The smallest absolute Gasteiger partial charge is 0.330 e. The normalized spacial score (nSPS) is 27.5. The van der Waals surface area contributed by atoms with Crippen molar-refractivity contribution in [2.45, 2.75) is 77.3 Å². The van der Waals surface area contributed by atoms with Crippen LogP contribution < -0.4 is 0 Å². The van der Waals surface area contributed by atoms with Gasteiger partial charge in [-0.15, -0.1) is 0 Å². The molecule has 132 valence electrons. The SMILES string of the molecule is C[C@@H](/C=C/I)C[C@@H]1C[C@H](O)C[C@H](C/C=C/C(=O)OC(C)(C)C)O1. The highest BCUT2D eigenvalue weighted by atomic mass is 127. The summed E-state index contributed by atoms with van der Waals surface area (Å²) in [5, 5.41) is 10.0. The molecule has 0 aromatic rings. The van der Waals surface area contributed by atoms with Crippen LogP contribution in [-0.4, -0.2) is 35.0 Å². The van der Waals surface area contributed by atoms with Crippen molar-refractivity contribution in [3.63, 3.8) is 0 Å². The van der Waals surface area contributed by atoms with Gasteiger partial charge in [0.25, 0.3) is 0 Å².